The summed E-state index contributed by atoms with van der Waals surface area (Å²) in [5.41, 5.74) is 3.30. The Labute approximate surface area is 131 Å². The van der Waals surface area contributed by atoms with E-state index in [9.17, 15) is 0 Å². The Morgan fingerprint density at radius 2 is 1.50 bits per heavy atom. The predicted octanol–water partition coefficient (Wildman–Crippen LogP) is 6.34. The third-order valence-electron chi connectivity index (χ3n) is 3.13. The van der Waals surface area contributed by atoms with E-state index >= 15 is 0 Å². The van der Waals surface area contributed by atoms with Crippen LogP contribution in [-0.2, 0) is 0 Å². The minimum Gasteiger partial charge on any atom is -0.455 e. The summed E-state index contributed by atoms with van der Waals surface area (Å²) < 4.78 is 6.93. The van der Waals surface area contributed by atoms with Crippen LogP contribution in [0.2, 0.25) is 5.02 Å². The quantitative estimate of drug-likeness (QED) is 0.527. The molecule has 1 heterocycles. The lowest BCUT2D eigenvalue weighted by Gasteiger charge is -2.00. The predicted molar refractivity (Wildman–Crippen MR) is 87.0 cm³/mol. The van der Waals surface area contributed by atoms with E-state index in [4.69, 9.17) is 16.0 Å². The molecule has 0 unspecified atom stereocenters. The lowest BCUT2D eigenvalue weighted by Crippen LogP contribution is -1.76. The van der Waals surface area contributed by atoms with Crippen LogP contribution in [-0.4, -0.2) is 0 Å². The Morgan fingerprint density at radius 3 is 2.15 bits per heavy atom. The number of hydrogen-bond donors (Lipinski definition) is 0. The smallest absolute Gasteiger partial charge is 0.148 e. The third kappa shape index (κ3) is 2.67. The second kappa shape index (κ2) is 5.47. The molecule has 0 saturated heterocycles. The van der Waals surface area contributed by atoms with E-state index in [1.807, 2.05) is 30.3 Å². The van der Waals surface area contributed by atoms with Crippen molar-refractivity contribution in [1.29, 1.82) is 0 Å². The van der Waals surface area contributed by atoms with Gasteiger partial charge < -0.3 is 4.42 Å². The van der Waals surface area contributed by atoms with Gasteiger partial charge in [0.2, 0.25) is 0 Å². The molecule has 3 rings (SSSR count). The number of benzene rings is 2. The van der Waals surface area contributed by atoms with E-state index in [1.54, 1.807) is 0 Å². The van der Waals surface area contributed by atoms with E-state index in [2.05, 4.69) is 47.1 Å². The summed E-state index contributed by atoms with van der Waals surface area (Å²) in [4.78, 5) is 0. The average Bonchev–Trinajstić information content (AvgIpc) is 2.82. The monoisotopic (exact) mass is 346 g/mol. The van der Waals surface area contributed by atoms with Crippen molar-refractivity contribution >= 4 is 27.5 Å². The Balaban J connectivity index is 2.02. The van der Waals surface area contributed by atoms with Crippen LogP contribution in [0, 0.1) is 6.92 Å². The molecular weight excluding hydrogens is 336 g/mol. The second-order valence-electron chi connectivity index (χ2n) is 4.66. The lowest BCUT2D eigenvalue weighted by atomic mass is 10.1. The molecule has 0 aliphatic heterocycles. The summed E-state index contributed by atoms with van der Waals surface area (Å²) in [5.74, 6) is 1.67. The van der Waals surface area contributed by atoms with Gasteiger partial charge in [0, 0.05) is 16.1 Å². The van der Waals surface area contributed by atoms with Crippen molar-refractivity contribution in [3.05, 3.63) is 69.7 Å². The van der Waals surface area contributed by atoms with E-state index in [-0.39, 0.29) is 0 Å². The van der Waals surface area contributed by atoms with Gasteiger partial charge in [-0.05, 0) is 53.2 Å². The van der Waals surface area contributed by atoms with Gasteiger partial charge in [-0.2, -0.15) is 0 Å². The van der Waals surface area contributed by atoms with Gasteiger partial charge in [0.05, 0.1) is 4.47 Å². The van der Waals surface area contributed by atoms with E-state index in [1.165, 1.54) is 5.56 Å². The molecule has 0 fully saturated rings. The molecule has 0 aliphatic carbocycles. The van der Waals surface area contributed by atoms with Crippen molar-refractivity contribution in [2.75, 3.05) is 0 Å². The summed E-state index contributed by atoms with van der Waals surface area (Å²) in [6.45, 7) is 2.07. The highest BCUT2D eigenvalue weighted by molar-refractivity contribution is 9.10. The van der Waals surface area contributed by atoms with Crippen LogP contribution >= 0.6 is 27.5 Å². The fraction of sp³-hybridized carbons (Fsp3) is 0.0588. The molecule has 0 aliphatic rings. The first-order chi connectivity index (χ1) is 9.63. The highest BCUT2D eigenvalue weighted by Gasteiger charge is 2.12. The Bertz CT molecular complexity index is 727. The number of hydrogen-bond acceptors (Lipinski definition) is 1. The Morgan fingerprint density at radius 1 is 0.900 bits per heavy atom. The molecule has 2 aromatic carbocycles. The maximum Gasteiger partial charge on any atom is 0.148 e. The number of rotatable bonds is 2. The van der Waals surface area contributed by atoms with E-state index < -0.39 is 0 Å². The topological polar surface area (TPSA) is 13.1 Å². The fourth-order valence-electron chi connectivity index (χ4n) is 2.03. The molecule has 0 saturated carbocycles. The molecule has 0 bridgehead atoms. The summed E-state index contributed by atoms with van der Waals surface area (Å²) in [6.07, 6.45) is 0. The molecule has 0 spiro atoms. The van der Waals surface area contributed by atoms with Crippen LogP contribution in [0.15, 0.2) is 63.5 Å². The fourth-order valence-corrected chi connectivity index (χ4v) is 2.67. The second-order valence-corrected chi connectivity index (χ2v) is 5.95. The molecule has 3 aromatic rings. The zero-order valence-corrected chi connectivity index (χ0v) is 13.2. The van der Waals surface area contributed by atoms with Gasteiger partial charge in [0.25, 0.3) is 0 Å². The first-order valence-corrected chi connectivity index (χ1v) is 7.43. The Kier molecular flexibility index (Phi) is 3.68. The summed E-state index contributed by atoms with van der Waals surface area (Å²) in [7, 11) is 0. The van der Waals surface area contributed by atoms with Gasteiger partial charge >= 0.3 is 0 Å². The van der Waals surface area contributed by atoms with Crippen LogP contribution in [0.5, 0.6) is 0 Å². The molecule has 100 valence electrons. The molecule has 0 radical (unpaired) electrons. The molecule has 3 heteroatoms. The minimum atomic E-state index is 0.720. The third-order valence-corrected chi connectivity index (χ3v) is 3.97. The highest BCUT2D eigenvalue weighted by atomic mass is 79.9. The summed E-state index contributed by atoms with van der Waals surface area (Å²) in [5, 5.41) is 0.720. The van der Waals surface area contributed by atoms with Crippen LogP contribution in [0.3, 0.4) is 0 Å². The van der Waals surface area contributed by atoms with Gasteiger partial charge in [-0.3, -0.25) is 0 Å². The van der Waals surface area contributed by atoms with Crippen molar-refractivity contribution in [2.45, 2.75) is 6.92 Å². The van der Waals surface area contributed by atoms with Gasteiger partial charge in [-0.1, -0.05) is 41.4 Å². The maximum absolute atomic E-state index is 5.98. The van der Waals surface area contributed by atoms with E-state index in [0.717, 1.165) is 32.1 Å². The van der Waals surface area contributed by atoms with Crippen LogP contribution in [0.25, 0.3) is 22.6 Å². The normalized spacial score (nSPS) is 10.8. The van der Waals surface area contributed by atoms with Crippen molar-refractivity contribution in [1.82, 2.24) is 0 Å². The zero-order valence-electron chi connectivity index (χ0n) is 10.9. The minimum absolute atomic E-state index is 0.720. The SMILES string of the molecule is Cc1ccc(-c2oc(-c3ccc(Cl)cc3)cc2Br)cc1. The molecule has 1 aromatic heterocycles. The van der Waals surface area contributed by atoms with Gasteiger partial charge in [0.15, 0.2) is 0 Å². The first kappa shape index (κ1) is 13.5. The molecular formula is C17H12BrClO. The highest BCUT2D eigenvalue weighted by Crippen LogP contribution is 2.36. The molecule has 0 amide bonds. The van der Waals surface area contributed by atoms with Gasteiger partial charge in [-0.25, -0.2) is 0 Å². The van der Waals surface area contributed by atoms with Crippen LogP contribution in [0.1, 0.15) is 5.56 Å². The number of furan rings is 1. The maximum atomic E-state index is 5.98. The molecule has 20 heavy (non-hydrogen) atoms. The van der Waals surface area contributed by atoms with Gasteiger partial charge in [-0.15, -0.1) is 0 Å². The zero-order chi connectivity index (χ0) is 14.1. The van der Waals surface area contributed by atoms with Gasteiger partial charge in [0.1, 0.15) is 11.5 Å². The summed E-state index contributed by atoms with van der Waals surface area (Å²) >= 11 is 9.47. The van der Waals surface area contributed by atoms with Crippen LogP contribution < -0.4 is 0 Å². The Hall–Kier alpha value is -1.51. The number of aryl methyl sites for hydroxylation is 1. The molecule has 0 N–H and O–H groups in total. The van der Waals surface area contributed by atoms with E-state index in [0.29, 0.717) is 0 Å². The standard InChI is InChI=1S/C17H12BrClO/c1-11-2-4-13(5-3-11)17-15(18)10-16(20-17)12-6-8-14(19)9-7-12/h2-10H,1H3. The lowest BCUT2D eigenvalue weighted by molar-refractivity contribution is 0.596. The van der Waals surface area contributed by atoms with Crippen LogP contribution in [0.4, 0.5) is 0 Å². The molecule has 0 atom stereocenters. The number of halogens is 2. The van der Waals surface area contributed by atoms with Crippen molar-refractivity contribution in [3.63, 3.8) is 0 Å². The van der Waals surface area contributed by atoms with Crippen molar-refractivity contribution in [3.8, 4) is 22.6 Å². The largest absolute Gasteiger partial charge is 0.455 e. The summed E-state index contributed by atoms with van der Waals surface area (Å²) in [6, 6.07) is 17.9. The average molecular weight is 348 g/mol. The van der Waals surface area contributed by atoms with Crippen molar-refractivity contribution < 1.29 is 4.42 Å². The van der Waals surface area contributed by atoms with Crippen molar-refractivity contribution in [2.24, 2.45) is 0 Å². The molecule has 1 nitrogen and oxygen atoms in total. The first-order valence-electron chi connectivity index (χ1n) is 6.26.